The van der Waals surface area contributed by atoms with Crippen molar-refractivity contribution in [3.63, 3.8) is 0 Å². The number of nitrogens with zero attached hydrogens (tertiary/aromatic N) is 5. The lowest BCUT2D eigenvalue weighted by Gasteiger charge is -2.35. The van der Waals surface area contributed by atoms with Crippen LogP contribution in [0.1, 0.15) is 38.5 Å². The Labute approximate surface area is 186 Å². The van der Waals surface area contributed by atoms with E-state index in [1.165, 1.54) is 38.5 Å². The van der Waals surface area contributed by atoms with Crippen molar-refractivity contribution in [3.8, 4) is 0 Å². The Morgan fingerprint density at radius 1 is 1.10 bits per heavy atom. The number of piperazine rings is 1. The van der Waals surface area contributed by atoms with Crippen LogP contribution in [0.15, 0.2) is 29.4 Å². The summed E-state index contributed by atoms with van der Waals surface area (Å²) < 4.78 is 27.3. The van der Waals surface area contributed by atoms with Crippen LogP contribution in [0.3, 0.4) is 0 Å². The van der Waals surface area contributed by atoms with Crippen LogP contribution in [0, 0.1) is 5.41 Å². The van der Waals surface area contributed by atoms with Crippen molar-refractivity contribution in [3.05, 3.63) is 24.4 Å². The van der Waals surface area contributed by atoms with Crippen LogP contribution in [-0.4, -0.2) is 87.2 Å². The molecule has 0 aromatic carbocycles. The zero-order chi connectivity index (χ0) is 21.7. The number of guanidine groups is 1. The van der Waals surface area contributed by atoms with Crippen LogP contribution in [0.25, 0.3) is 0 Å². The molecule has 3 heterocycles. The van der Waals surface area contributed by atoms with Gasteiger partial charge < -0.3 is 15.1 Å². The molecule has 31 heavy (non-hydrogen) atoms. The van der Waals surface area contributed by atoms with E-state index >= 15 is 0 Å². The summed E-state index contributed by atoms with van der Waals surface area (Å²) >= 11 is 0. The topological polar surface area (TPSA) is 81.1 Å². The molecule has 2 aliphatic heterocycles. The maximum absolute atomic E-state index is 12.9. The Morgan fingerprint density at radius 3 is 2.55 bits per heavy atom. The molecular weight excluding hydrogens is 412 g/mol. The third-order valence-electron chi connectivity index (χ3n) is 7.11. The number of aliphatic imine (C=N–C) groups is 1. The van der Waals surface area contributed by atoms with E-state index in [-0.39, 0.29) is 5.75 Å². The number of hydrogen-bond donors (Lipinski definition) is 1. The lowest BCUT2D eigenvalue weighted by atomic mass is 9.73. The van der Waals surface area contributed by atoms with Crippen LogP contribution in [-0.2, 0) is 10.0 Å². The number of nitrogens with one attached hydrogen (secondary N) is 1. The summed E-state index contributed by atoms with van der Waals surface area (Å²) in [4.78, 5) is 13.3. The van der Waals surface area contributed by atoms with Crippen LogP contribution >= 0.6 is 0 Å². The highest BCUT2D eigenvalue weighted by Gasteiger charge is 2.39. The van der Waals surface area contributed by atoms with Crippen LogP contribution < -0.4 is 10.2 Å². The lowest BCUT2D eigenvalue weighted by molar-refractivity contribution is 0.203. The van der Waals surface area contributed by atoms with Gasteiger partial charge in [0.15, 0.2) is 5.96 Å². The normalized spacial score (nSPS) is 22.8. The fraction of sp³-hybridized carbons (Fsp3) is 0.727. The van der Waals surface area contributed by atoms with Gasteiger partial charge >= 0.3 is 0 Å². The largest absolute Gasteiger partial charge is 0.355 e. The SMILES string of the molecule is CN=C(NCCS(=O)(=O)N1CCN(c2ccccn2)CC1)N1CCC2(CCCCC2)C1. The number of rotatable bonds is 5. The van der Waals surface area contributed by atoms with E-state index in [0.717, 1.165) is 24.9 Å². The highest BCUT2D eigenvalue weighted by molar-refractivity contribution is 7.89. The van der Waals surface area contributed by atoms with Gasteiger partial charge in [0, 0.05) is 59.1 Å². The molecule has 1 spiro atoms. The second-order valence-electron chi connectivity index (χ2n) is 9.10. The van der Waals surface area contributed by atoms with E-state index in [4.69, 9.17) is 0 Å². The molecule has 172 valence electrons. The Hall–Kier alpha value is -1.87. The summed E-state index contributed by atoms with van der Waals surface area (Å²) in [6, 6.07) is 5.82. The number of hydrogen-bond acceptors (Lipinski definition) is 5. The number of aromatic nitrogens is 1. The number of pyridine rings is 1. The molecule has 0 atom stereocenters. The molecular formula is C22H36N6O2S. The maximum Gasteiger partial charge on any atom is 0.215 e. The highest BCUT2D eigenvalue weighted by Crippen LogP contribution is 2.43. The smallest absolute Gasteiger partial charge is 0.215 e. The third kappa shape index (κ3) is 5.31. The molecule has 0 radical (unpaired) electrons. The number of anilines is 1. The van der Waals surface area contributed by atoms with E-state index in [2.05, 4.69) is 25.1 Å². The van der Waals surface area contributed by atoms with Crippen LogP contribution in [0.2, 0.25) is 0 Å². The highest BCUT2D eigenvalue weighted by atomic mass is 32.2. The Balaban J connectivity index is 1.24. The van der Waals surface area contributed by atoms with Gasteiger partial charge in [-0.25, -0.2) is 13.4 Å². The fourth-order valence-corrected chi connectivity index (χ4v) is 6.65. The average molecular weight is 449 g/mol. The van der Waals surface area contributed by atoms with Gasteiger partial charge in [0.25, 0.3) is 0 Å². The molecule has 1 aliphatic carbocycles. The van der Waals surface area contributed by atoms with Crippen LogP contribution in [0.4, 0.5) is 5.82 Å². The molecule has 0 unspecified atom stereocenters. The van der Waals surface area contributed by atoms with Gasteiger partial charge in [-0.05, 0) is 36.8 Å². The average Bonchev–Trinajstić information content (AvgIpc) is 3.20. The summed E-state index contributed by atoms with van der Waals surface area (Å²) in [5.74, 6) is 1.85. The first kappa shape index (κ1) is 22.3. The molecule has 9 heteroatoms. The first-order valence-electron chi connectivity index (χ1n) is 11.6. The monoisotopic (exact) mass is 448 g/mol. The summed E-state index contributed by atoms with van der Waals surface area (Å²) in [6.45, 7) is 4.79. The van der Waals surface area contributed by atoms with Crippen molar-refractivity contribution in [2.75, 3.05) is 63.5 Å². The molecule has 3 aliphatic rings. The second-order valence-corrected chi connectivity index (χ2v) is 11.2. The molecule has 8 nitrogen and oxygen atoms in total. The van der Waals surface area contributed by atoms with E-state index < -0.39 is 10.0 Å². The van der Waals surface area contributed by atoms with Crippen molar-refractivity contribution in [1.29, 1.82) is 0 Å². The zero-order valence-electron chi connectivity index (χ0n) is 18.7. The van der Waals surface area contributed by atoms with Gasteiger partial charge in [0.1, 0.15) is 5.82 Å². The molecule has 1 aromatic rings. The molecule has 0 amide bonds. The molecule has 4 rings (SSSR count). The van der Waals surface area contributed by atoms with E-state index in [1.54, 1.807) is 17.5 Å². The molecule has 1 aromatic heterocycles. The summed E-state index contributed by atoms with van der Waals surface area (Å²) in [5.41, 5.74) is 0.454. The van der Waals surface area contributed by atoms with Gasteiger partial charge in [-0.2, -0.15) is 4.31 Å². The maximum atomic E-state index is 12.9. The minimum atomic E-state index is -3.29. The van der Waals surface area contributed by atoms with Gasteiger partial charge in [-0.1, -0.05) is 25.3 Å². The van der Waals surface area contributed by atoms with Gasteiger partial charge in [-0.15, -0.1) is 0 Å². The van der Waals surface area contributed by atoms with E-state index in [9.17, 15) is 8.42 Å². The molecule has 1 saturated carbocycles. The summed E-state index contributed by atoms with van der Waals surface area (Å²) in [6.07, 6.45) is 9.68. The quantitative estimate of drug-likeness (QED) is 0.546. The Bertz CT molecular complexity index is 846. The Kier molecular flexibility index (Phi) is 7.01. The first-order chi connectivity index (χ1) is 15.0. The fourth-order valence-electron chi connectivity index (χ4n) is 5.32. The molecule has 3 fully saturated rings. The third-order valence-corrected chi connectivity index (χ3v) is 8.98. The Morgan fingerprint density at radius 2 is 1.87 bits per heavy atom. The van der Waals surface area contributed by atoms with Crippen molar-refractivity contribution in [1.82, 2.24) is 19.5 Å². The molecule has 0 bridgehead atoms. The predicted octanol–water partition coefficient (Wildman–Crippen LogP) is 1.77. The molecule has 1 N–H and O–H groups in total. The van der Waals surface area contributed by atoms with Gasteiger partial charge in [0.2, 0.25) is 10.0 Å². The van der Waals surface area contributed by atoms with Crippen molar-refractivity contribution in [2.45, 2.75) is 38.5 Å². The van der Waals surface area contributed by atoms with E-state index in [1.807, 2.05) is 18.2 Å². The second kappa shape index (κ2) is 9.73. The van der Waals surface area contributed by atoms with Crippen LogP contribution in [0.5, 0.6) is 0 Å². The molecule has 2 saturated heterocycles. The van der Waals surface area contributed by atoms with Crippen molar-refractivity contribution >= 4 is 21.8 Å². The van der Waals surface area contributed by atoms with Crippen molar-refractivity contribution in [2.24, 2.45) is 10.4 Å². The number of likely N-dealkylation sites (tertiary alicyclic amines) is 1. The lowest BCUT2D eigenvalue weighted by Crippen LogP contribution is -2.50. The summed E-state index contributed by atoms with van der Waals surface area (Å²) in [7, 11) is -1.50. The number of sulfonamides is 1. The predicted molar refractivity (Wildman–Crippen MR) is 125 cm³/mol. The first-order valence-corrected chi connectivity index (χ1v) is 13.2. The minimum absolute atomic E-state index is 0.0919. The standard InChI is InChI=1S/C22H36N6O2S/c1-23-21(27-13-10-22(19-27)8-4-2-5-9-22)25-12-18-31(29,30)28-16-14-26(15-17-28)20-7-3-6-11-24-20/h3,6-7,11H,2,4-5,8-10,12-19H2,1H3,(H,23,25). The van der Waals surface area contributed by atoms with Gasteiger partial charge in [-0.3, -0.25) is 4.99 Å². The van der Waals surface area contributed by atoms with Crippen molar-refractivity contribution < 1.29 is 8.42 Å². The summed E-state index contributed by atoms with van der Waals surface area (Å²) in [5, 5.41) is 3.31. The van der Waals surface area contributed by atoms with Gasteiger partial charge in [0.05, 0.1) is 5.75 Å². The minimum Gasteiger partial charge on any atom is -0.355 e. The zero-order valence-corrected chi connectivity index (χ0v) is 19.5. The van der Waals surface area contributed by atoms with E-state index in [0.29, 0.717) is 38.1 Å².